The van der Waals surface area contributed by atoms with Crippen LogP contribution < -0.4 is 0 Å². The van der Waals surface area contributed by atoms with Crippen LogP contribution in [0.4, 0.5) is 0 Å². The minimum absolute atomic E-state index is 0.182. The lowest BCUT2D eigenvalue weighted by molar-refractivity contribution is 0.0587. The summed E-state index contributed by atoms with van der Waals surface area (Å²) in [7, 11) is 0. The second kappa shape index (κ2) is 5.49. The van der Waals surface area contributed by atoms with Gasteiger partial charge in [0.1, 0.15) is 0 Å². The highest BCUT2D eigenvalue weighted by Gasteiger charge is 2.38. The van der Waals surface area contributed by atoms with E-state index in [-0.39, 0.29) is 5.91 Å². The summed E-state index contributed by atoms with van der Waals surface area (Å²) in [6.45, 7) is 1.86. The predicted molar refractivity (Wildman–Crippen MR) is 85.8 cm³/mol. The fourth-order valence-corrected chi connectivity index (χ4v) is 6.24. The smallest absolute Gasteiger partial charge is 0.255 e. The van der Waals surface area contributed by atoms with E-state index in [0.717, 1.165) is 26.2 Å². The number of halogens is 2. The maximum absolute atomic E-state index is 12.5. The topological polar surface area (TPSA) is 20.3 Å². The Morgan fingerprint density at radius 2 is 1.79 bits per heavy atom. The lowest BCUT2D eigenvalue weighted by Crippen LogP contribution is -2.42. The van der Waals surface area contributed by atoms with Crippen LogP contribution in [-0.4, -0.2) is 23.9 Å². The Labute approximate surface area is 134 Å². The van der Waals surface area contributed by atoms with Gasteiger partial charge in [-0.1, -0.05) is 12.8 Å². The maximum atomic E-state index is 12.5. The van der Waals surface area contributed by atoms with Crippen molar-refractivity contribution in [3.63, 3.8) is 0 Å². The first-order valence-electron chi connectivity index (χ1n) is 6.84. The van der Waals surface area contributed by atoms with Gasteiger partial charge in [-0.2, -0.15) is 0 Å². The van der Waals surface area contributed by atoms with E-state index in [9.17, 15) is 4.79 Å². The van der Waals surface area contributed by atoms with Crippen molar-refractivity contribution in [1.82, 2.24) is 4.90 Å². The Morgan fingerprint density at radius 1 is 1.16 bits per heavy atom. The molecule has 19 heavy (non-hydrogen) atoms. The summed E-state index contributed by atoms with van der Waals surface area (Å²) < 4.78 is 1.94. The van der Waals surface area contributed by atoms with E-state index in [1.807, 2.05) is 11.0 Å². The van der Waals surface area contributed by atoms with Gasteiger partial charge in [0.15, 0.2) is 0 Å². The van der Waals surface area contributed by atoms with Crippen molar-refractivity contribution in [1.29, 1.82) is 0 Å². The van der Waals surface area contributed by atoms with Gasteiger partial charge in [-0.15, -0.1) is 11.3 Å². The molecule has 0 aromatic carbocycles. The number of piperidine rings is 1. The van der Waals surface area contributed by atoms with Gasteiger partial charge in [0.25, 0.3) is 5.91 Å². The van der Waals surface area contributed by atoms with Crippen LogP contribution in [0.1, 0.15) is 48.9 Å². The normalized spacial score (nSPS) is 22.1. The van der Waals surface area contributed by atoms with E-state index in [2.05, 4.69) is 31.9 Å². The molecule has 1 saturated heterocycles. The monoisotopic (exact) mass is 405 g/mol. The molecule has 1 aromatic heterocycles. The van der Waals surface area contributed by atoms with E-state index in [1.165, 1.54) is 38.5 Å². The number of hydrogen-bond donors (Lipinski definition) is 0. The molecule has 1 amide bonds. The molecule has 1 aliphatic carbocycles. The Bertz CT molecular complexity index is 484. The molecule has 3 rings (SSSR count). The summed E-state index contributed by atoms with van der Waals surface area (Å²) in [4.78, 5) is 14.5. The standard InChI is InChI=1S/C14H17Br2NOS/c15-11-9-10(12(16)19-11)13(18)17-7-5-14(6-8-17)3-1-2-4-14/h9H,1-8H2. The number of nitrogens with zero attached hydrogens (tertiary/aromatic N) is 1. The summed E-state index contributed by atoms with van der Waals surface area (Å²) in [5, 5.41) is 0. The van der Waals surface area contributed by atoms with Gasteiger partial charge in [-0.05, 0) is 69.0 Å². The molecule has 1 aliphatic heterocycles. The first-order chi connectivity index (χ1) is 9.10. The Morgan fingerprint density at radius 3 is 2.32 bits per heavy atom. The van der Waals surface area contributed by atoms with Crippen molar-refractivity contribution < 1.29 is 4.79 Å². The zero-order valence-electron chi connectivity index (χ0n) is 10.8. The third-order valence-corrected chi connectivity index (χ3v) is 7.00. The minimum Gasteiger partial charge on any atom is -0.339 e. The lowest BCUT2D eigenvalue weighted by Gasteiger charge is -2.39. The van der Waals surface area contributed by atoms with Gasteiger partial charge >= 0.3 is 0 Å². The van der Waals surface area contributed by atoms with Gasteiger partial charge < -0.3 is 4.90 Å². The number of carbonyl (C=O) groups is 1. The summed E-state index contributed by atoms with van der Waals surface area (Å²) >= 11 is 8.49. The van der Waals surface area contributed by atoms with Crippen LogP contribution >= 0.6 is 43.2 Å². The second-order valence-corrected chi connectivity index (χ2v) is 9.49. The molecule has 2 fully saturated rings. The van der Waals surface area contributed by atoms with Gasteiger partial charge in [-0.3, -0.25) is 4.79 Å². The highest BCUT2D eigenvalue weighted by molar-refractivity contribution is 9.12. The van der Waals surface area contributed by atoms with Crippen LogP contribution in [-0.2, 0) is 0 Å². The van der Waals surface area contributed by atoms with Crippen molar-refractivity contribution in [2.24, 2.45) is 5.41 Å². The summed E-state index contributed by atoms with van der Waals surface area (Å²) in [5.41, 5.74) is 1.38. The molecule has 2 aliphatic rings. The largest absolute Gasteiger partial charge is 0.339 e. The molecule has 1 saturated carbocycles. The van der Waals surface area contributed by atoms with Crippen molar-refractivity contribution in [3.8, 4) is 0 Å². The first-order valence-corrected chi connectivity index (χ1v) is 9.24. The van der Waals surface area contributed by atoms with Crippen LogP contribution in [0.5, 0.6) is 0 Å². The summed E-state index contributed by atoms with van der Waals surface area (Å²) in [6, 6.07) is 1.93. The molecular formula is C14H17Br2NOS. The third kappa shape index (κ3) is 2.79. The number of likely N-dealkylation sites (tertiary alicyclic amines) is 1. The minimum atomic E-state index is 0.182. The number of amides is 1. The number of rotatable bonds is 1. The molecule has 5 heteroatoms. The number of hydrogen-bond acceptors (Lipinski definition) is 2. The molecule has 104 valence electrons. The lowest BCUT2D eigenvalue weighted by atomic mass is 9.77. The average molecular weight is 407 g/mol. The van der Waals surface area contributed by atoms with Crippen molar-refractivity contribution >= 4 is 49.1 Å². The van der Waals surface area contributed by atoms with Gasteiger partial charge in [-0.25, -0.2) is 0 Å². The molecule has 1 aromatic rings. The average Bonchev–Trinajstić information content (AvgIpc) is 2.97. The third-order valence-electron chi connectivity index (χ3n) is 4.66. The van der Waals surface area contributed by atoms with Gasteiger partial charge in [0.05, 0.1) is 13.1 Å². The summed E-state index contributed by atoms with van der Waals surface area (Å²) in [5.74, 6) is 0.182. The number of thiophene rings is 1. The Kier molecular flexibility index (Phi) is 4.07. The van der Waals surface area contributed by atoms with E-state index < -0.39 is 0 Å². The van der Waals surface area contributed by atoms with Crippen LogP contribution in [0.15, 0.2) is 13.6 Å². The predicted octanol–water partition coefficient (Wildman–Crippen LogP) is 5.07. The number of carbonyl (C=O) groups excluding carboxylic acids is 1. The van der Waals surface area contributed by atoms with E-state index >= 15 is 0 Å². The molecule has 0 unspecified atom stereocenters. The highest BCUT2D eigenvalue weighted by Crippen LogP contribution is 2.46. The fraction of sp³-hybridized carbons (Fsp3) is 0.643. The quantitative estimate of drug-likeness (QED) is 0.637. The molecule has 1 spiro atoms. The van der Waals surface area contributed by atoms with Crippen molar-refractivity contribution in [2.45, 2.75) is 38.5 Å². The Balaban J connectivity index is 1.68. The zero-order chi connectivity index (χ0) is 13.5. The maximum Gasteiger partial charge on any atom is 0.255 e. The first kappa shape index (κ1) is 14.1. The van der Waals surface area contributed by atoms with E-state index in [4.69, 9.17) is 0 Å². The van der Waals surface area contributed by atoms with E-state index in [1.54, 1.807) is 11.3 Å². The molecule has 2 nitrogen and oxygen atoms in total. The SMILES string of the molecule is O=C(c1cc(Br)sc1Br)N1CCC2(CCCC2)CC1. The molecule has 0 bridgehead atoms. The fourth-order valence-electron chi connectivity index (χ4n) is 3.47. The van der Waals surface area contributed by atoms with E-state index in [0.29, 0.717) is 5.41 Å². The van der Waals surface area contributed by atoms with Crippen LogP contribution in [0.25, 0.3) is 0 Å². The molecular weight excluding hydrogens is 390 g/mol. The molecule has 0 radical (unpaired) electrons. The molecule has 0 atom stereocenters. The molecule has 2 heterocycles. The molecule has 0 N–H and O–H groups in total. The second-order valence-electron chi connectivity index (χ2n) is 5.74. The van der Waals surface area contributed by atoms with Crippen LogP contribution in [0.3, 0.4) is 0 Å². The van der Waals surface area contributed by atoms with Crippen LogP contribution in [0, 0.1) is 5.41 Å². The van der Waals surface area contributed by atoms with Crippen molar-refractivity contribution in [2.75, 3.05) is 13.1 Å². The van der Waals surface area contributed by atoms with Gasteiger partial charge in [0, 0.05) is 13.1 Å². The van der Waals surface area contributed by atoms with Crippen molar-refractivity contribution in [3.05, 3.63) is 19.2 Å². The summed E-state index contributed by atoms with van der Waals surface area (Å²) in [6.07, 6.45) is 7.92. The zero-order valence-corrected chi connectivity index (χ0v) is 14.7. The van der Waals surface area contributed by atoms with Gasteiger partial charge in [0.2, 0.25) is 0 Å². The highest BCUT2D eigenvalue weighted by atomic mass is 79.9. The Hall–Kier alpha value is 0.130. The van der Waals surface area contributed by atoms with Crippen LogP contribution in [0.2, 0.25) is 0 Å².